The van der Waals surface area contributed by atoms with Gasteiger partial charge in [-0.15, -0.1) is 10.2 Å². The van der Waals surface area contributed by atoms with Crippen LogP contribution < -0.4 is 15.4 Å². The standard InChI is InChI=1S/C42H59N7O7/c1-41(2,3)56-40(51)44-22-15-24-53-27-29-54-28-26-52-23-14-21-43-37(50)32-49-47-39(46-48-49)42(4,5)20-12-13-25-55-38-31-35(33-16-8-6-9-17-33)30-36(45-38)34-18-10-7-11-19-34/h6-11,16-19,30-31H,12-15,20-29,32H2,1-5H3,(H,43,50)(H,44,51). The van der Waals surface area contributed by atoms with E-state index in [2.05, 4.69) is 70.2 Å². The van der Waals surface area contributed by atoms with Crippen LogP contribution in [-0.4, -0.2) is 102 Å². The van der Waals surface area contributed by atoms with E-state index in [1.165, 1.54) is 4.80 Å². The lowest BCUT2D eigenvalue weighted by Crippen LogP contribution is -2.33. The van der Waals surface area contributed by atoms with Gasteiger partial charge >= 0.3 is 6.09 Å². The lowest BCUT2D eigenvalue weighted by molar-refractivity contribution is -0.122. The number of carbonyl (C=O) groups is 2. The maximum atomic E-state index is 12.5. The van der Waals surface area contributed by atoms with Gasteiger partial charge in [0.2, 0.25) is 11.8 Å². The molecule has 0 bridgehead atoms. The summed E-state index contributed by atoms with van der Waals surface area (Å²) in [6, 6.07) is 24.5. The molecule has 4 aromatic rings. The van der Waals surface area contributed by atoms with Gasteiger partial charge in [0, 0.05) is 43.3 Å². The number of hydrogen-bond acceptors (Lipinski definition) is 11. The third-order valence-electron chi connectivity index (χ3n) is 8.43. The number of tetrazole rings is 1. The van der Waals surface area contributed by atoms with Crippen LogP contribution >= 0.6 is 0 Å². The first-order chi connectivity index (χ1) is 27.0. The molecular weight excluding hydrogens is 715 g/mol. The molecular formula is C42H59N7O7. The molecule has 0 aliphatic heterocycles. The molecule has 0 radical (unpaired) electrons. The number of aromatic nitrogens is 5. The number of carbonyl (C=O) groups excluding carboxylic acids is 2. The largest absolute Gasteiger partial charge is 0.478 e. The van der Waals surface area contributed by atoms with Crippen LogP contribution in [0.3, 0.4) is 0 Å². The van der Waals surface area contributed by atoms with Gasteiger partial charge in [-0.25, -0.2) is 9.78 Å². The van der Waals surface area contributed by atoms with Crippen LogP contribution in [0.2, 0.25) is 0 Å². The van der Waals surface area contributed by atoms with Crippen molar-refractivity contribution in [3.05, 3.63) is 78.6 Å². The quantitative estimate of drug-likeness (QED) is 0.0718. The van der Waals surface area contributed by atoms with Gasteiger partial charge in [-0.1, -0.05) is 74.5 Å². The van der Waals surface area contributed by atoms with Crippen molar-refractivity contribution in [3.63, 3.8) is 0 Å². The molecule has 2 N–H and O–H groups in total. The second-order valence-corrected chi connectivity index (χ2v) is 15.0. The highest BCUT2D eigenvalue weighted by Gasteiger charge is 2.26. The number of nitrogens with zero attached hydrogens (tertiary/aromatic N) is 5. The lowest BCUT2D eigenvalue weighted by Gasteiger charge is -2.20. The number of pyridine rings is 1. The Labute approximate surface area is 331 Å². The van der Waals surface area contributed by atoms with Crippen molar-refractivity contribution in [1.82, 2.24) is 35.8 Å². The van der Waals surface area contributed by atoms with E-state index in [1.807, 2.05) is 63.2 Å². The fourth-order valence-corrected chi connectivity index (χ4v) is 5.48. The van der Waals surface area contributed by atoms with Gasteiger partial charge in [-0.05, 0) is 75.3 Å². The SMILES string of the molecule is CC(C)(C)OC(=O)NCCCOCCOCCOCCCNC(=O)Cn1nnc(C(C)(C)CCCCOc2cc(-c3ccccc3)cc(-c3ccccc3)n2)n1. The summed E-state index contributed by atoms with van der Waals surface area (Å²) in [4.78, 5) is 30.2. The van der Waals surface area contributed by atoms with Gasteiger partial charge in [0.05, 0.1) is 38.7 Å². The highest BCUT2D eigenvalue weighted by molar-refractivity contribution is 5.75. The second-order valence-electron chi connectivity index (χ2n) is 15.0. The number of ether oxygens (including phenoxy) is 5. The smallest absolute Gasteiger partial charge is 0.407 e. The molecule has 0 aliphatic rings. The summed E-state index contributed by atoms with van der Waals surface area (Å²) in [6.45, 7) is 14.0. The number of alkyl carbamates (subject to hydrolysis) is 1. The lowest BCUT2D eigenvalue weighted by atomic mass is 9.86. The number of rotatable bonds is 25. The van der Waals surface area contributed by atoms with E-state index >= 15 is 0 Å². The van der Waals surface area contributed by atoms with Crippen LogP contribution in [0, 0.1) is 0 Å². The van der Waals surface area contributed by atoms with E-state index in [1.54, 1.807) is 0 Å². The van der Waals surface area contributed by atoms with Crippen LogP contribution in [0.15, 0.2) is 72.8 Å². The van der Waals surface area contributed by atoms with Crippen molar-refractivity contribution in [3.8, 4) is 28.3 Å². The number of hydrogen-bond donors (Lipinski definition) is 2. The summed E-state index contributed by atoms with van der Waals surface area (Å²) >= 11 is 0. The molecule has 0 fully saturated rings. The van der Waals surface area contributed by atoms with Crippen molar-refractivity contribution >= 4 is 12.0 Å². The Morgan fingerprint density at radius 1 is 0.679 bits per heavy atom. The van der Waals surface area contributed by atoms with Gasteiger partial charge in [0.15, 0.2) is 5.82 Å². The molecule has 0 unspecified atom stereocenters. The van der Waals surface area contributed by atoms with Gasteiger partial charge < -0.3 is 34.3 Å². The first-order valence-corrected chi connectivity index (χ1v) is 19.5. The third kappa shape index (κ3) is 16.8. The molecule has 14 nitrogen and oxygen atoms in total. The summed E-state index contributed by atoms with van der Waals surface area (Å²) in [7, 11) is 0. The normalized spacial score (nSPS) is 11.7. The van der Waals surface area contributed by atoms with E-state index in [4.69, 9.17) is 28.7 Å². The van der Waals surface area contributed by atoms with E-state index in [0.717, 1.165) is 41.6 Å². The molecule has 0 aliphatic carbocycles. The fraction of sp³-hybridized carbons (Fsp3) is 0.524. The summed E-state index contributed by atoms with van der Waals surface area (Å²) in [5.74, 6) is 1.02. The molecule has 2 heterocycles. The average molecular weight is 774 g/mol. The molecule has 56 heavy (non-hydrogen) atoms. The minimum atomic E-state index is -0.509. The predicted molar refractivity (Wildman–Crippen MR) is 214 cm³/mol. The Bertz CT molecular complexity index is 1670. The maximum Gasteiger partial charge on any atom is 0.407 e. The molecule has 2 amide bonds. The van der Waals surface area contributed by atoms with Crippen LogP contribution in [0.5, 0.6) is 5.88 Å². The average Bonchev–Trinajstić information content (AvgIpc) is 3.65. The minimum Gasteiger partial charge on any atom is -0.478 e. The molecule has 14 heteroatoms. The number of unbranched alkanes of at least 4 members (excludes halogenated alkanes) is 1. The number of nitrogens with one attached hydrogen (secondary N) is 2. The van der Waals surface area contributed by atoms with E-state index in [0.29, 0.717) is 83.9 Å². The van der Waals surface area contributed by atoms with Crippen molar-refractivity contribution in [2.75, 3.05) is 59.3 Å². The zero-order valence-corrected chi connectivity index (χ0v) is 33.6. The molecule has 0 spiro atoms. The molecule has 0 saturated heterocycles. The second kappa shape index (κ2) is 23.2. The summed E-state index contributed by atoms with van der Waals surface area (Å²) in [5, 5.41) is 18.5. The maximum absolute atomic E-state index is 12.5. The Hall–Kier alpha value is -4.92. The van der Waals surface area contributed by atoms with Crippen molar-refractivity contribution < 1.29 is 33.3 Å². The van der Waals surface area contributed by atoms with Crippen molar-refractivity contribution in [1.29, 1.82) is 0 Å². The summed E-state index contributed by atoms with van der Waals surface area (Å²) in [6.07, 6.45) is 3.49. The number of amides is 2. The number of benzene rings is 2. The molecule has 0 saturated carbocycles. The van der Waals surface area contributed by atoms with Gasteiger partial charge in [0.25, 0.3) is 0 Å². The first kappa shape index (κ1) is 43.8. The molecule has 2 aromatic carbocycles. The zero-order chi connectivity index (χ0) is 40.1. The highest BCUT2D eigenvalue weighted by Crippen LogP contribution is 2.29. The van der Waals surface area contributed by atoms with Crippen LogP contribution in [0.4, 0.5) is 4.79 Å². The van der Waals surface area contributed by atoms with Gasteiger partial charge in [0.1, 0.15) is 12.1 Å². The molecule has 2 aromatic heterocycles. The van der Waals surface area contributed by atoms with Gasteiger partial charge in [-0.2, -0.15) is 4.80 Å². The minimum absolute atomic E-state index is 0.00600. The molecule has 0 atom stereocenters. The topological polar surface area (TPSA) is 161 Å². The third-order valence-corrected chi connectivity index (χ3v) is 8.43. The Balaban J connectivity index is 1.03. The van der Waals surface area contributed by atoms with E-state index in [-0.39, 0.29) is 17.9 Å². The van der Waals surface area contributed by atoms with E-state index in [9.17, 15) is 9.59 Å². The van der Waals surface area contributed by atoms with Crippen LogP contribution in [0.1, 0.15) is 72.5 Å². The Morgan fingerprint density at radius 2 is 1.29 bits per heavy atom. The van der Waals surface area contributed by atoms with Crippen LogP contribution in [0.25, 0.3) is 22.4 Å². The molecule has 304 valence electrons. The predicted octanol–water partition coefficient (Wildman–Crippen LogP) is 6.40. The van der Waals surface area contributed by atoms with Crippen LogP contribution in [-0.2, 0) is 35.7 Å². The highest BCUT2D eigenvalue weighted by atomic mass is 16.6. The fourth-order valence-electron chi connectivity index (χ4n) is 5.48. The van der Waals surface area contributed by atoms with Crippen molar-refractivity contribution in [2.24, 2.45) is 0 Å². The monoisotopic (exact) mass is 773 g/mol. The Kier molecular flexibility index (Phi) is 18.2. The Morgan fingerprint density at radius 3 is 1.93 bits per heavy atom. The van der Waals surface area contributed by atoms with Gasteiger partial charge in [-0.3, -0.25) is 4.79 Å². The summed E-state index contributed by atoms with van der Waals surface area (Å²) < 4.78 is 27.9. The van der Waals surface area contributed by atoms with Crippen molar-refractivity contribution in [2.45, 2.75) is 84.3 Å². The van der Waals surface area contributed by atoms with E-state index < -0.39 is 11.7 Å². The molecule has 4 rings (SSSR count). The first-order valence-electron chi connectivity index (χ1n) is 19.5. The summed E-state index contributed by atoms with van der Waals surface area (Å²) in [5.41, 5.74) is 3.25. The zero-order valence-electron chi connectivity index (χ0n) is 33.6.